The Morgan fingerprint density at radius 3 is 1.20 bits per heavy atom. The Balaban J connectivity index is 1.68. The molecule has 0 aromatic heterocycles. The number of aliphatic hydroxyl groups is 11. The molecule has 484 valence electrons. The van der Waals surface area contributed by atoms with Gasteiger partial charge in [-0.2, -0.15) is 0 Å². The van der Waals surface area contributed by atoms with Gasteiger partial charge in [0, 0.05) is 12.8 Å². The van der Waals surface area contributed by atoms with Crippen LogP contribution in [0.2, 0.25) is 0 Å². The molecule has 12 N–H and O–H groups in total. The molecule has 2 aliphatic heterocycles. The number of hydrogen-bond donors (Lipinski definition) is 12. The van der Waals surface area contributed by atoms with Gasteiger partial charge in [-0.15, -0.1) is 0 Å². The SMILES string of the molecule is CCCCCCCCCCCCCCCCCC(=O)OCC(COP(=O)(O)OC1C(OC2OC(CO)C(O)C(O)C2O)C(O)C(O)C(O)C1OC1OC(CO)C(O)C(O)C1O)OC(=O)CCCCCCCCC(C)CCCCCCCC. The van der Waals surface area contributed by atoms with Crippen LogP contribution in [0.25, 0.3) is 0 Å². The van der Waals surface area contributed by atoms with Crippen LogP contribution < -0.4 is 0 Å². The predicted molar refractivity (Wildman–Crippen MR) is 300 cm³/mol. The minimum Gasteiger partial charge on any atom is -0.462 e. The molecular weight excluding hydrogens is 1100 g/mol. The van der Waals surface area contributed by atoms with Gasteiger partial charge < -0.3 is 89.5 Å². The van der Waals surface area contributed by atoms with E-state index in [0.717, 1.165) is 57.8 Å². The maximum Gasteiger partial charge on any atom is 0.472 e. The average molecular weight is 1210 g/mol. The highest BCUT2D eigenvalue weighted by Gasteiger charge is 2.58. The van der Waals surface area contributed by atoms with Crippen molar-refractivity contribution >= 4 is 19.8 Å². The van der Waals surface area contributed by atoms with Gasteiger partial charge in [-0.25, -0.2) is 4.57 Å². The second kappa shape index (κ2) is 42.4. The molecule has 23 nitrogen and oxygen atoms in total. The number of phosphoric ester groups is 1. The molecule has 3 aliphatic rings. The molecule has 24 heteroatoms. The molecular formula is C58H109O23P. The van der Waals surface area contributed by atoms with Crippen molar-refractivity contribution in [1.29, 1.82) is 0 Å². The first kappa shape index (κ1) is 74.7. The third-order valence-electron chi connectivity index (χ3n) is 16.1. The van der Waals surface area contributed by atoms with E-state index in [0.29, 0.717) is 18.8 Å². The highest BCUT2D eigenvalue weighted by atomic mass is 31.2. The molecule has 0 aromatic rings. The number of esters is 2. The van der Waals surface area contributed by atoms with Gasteiger partial charge in [0.25, 0.3) is 0 Å². The summed E-state index contributed by atoms with van der Waals surface area (Å²) in [6.07, 6.45) is -2.10. The lowest BCUT2D eigenvalue weighted by Gasteiger charge is -2.49. The first-order valence-electron chi connectivity index (χ1n) is 31.3. The second-order valence-corrected chi connectivity index (χ2v) is 24.6. The second-order valence-electron chi connectivity index (χ2n) is 23.2. The van der Waals surface area contributed by atoms with Gasteiger partial charge in [-0.05, 0) is 18.8 Å². The van der Waals surface area contributed by atoms with E-state index in [1.54, 1.807) is 0 Å². The quantitative estimate of drug-likeness (QED) is 0.0212. The largest absolute Gasteiger partial charge is 0.472 e. The number of unbranched alkanes of at least 4 members (excludes halogenated alkanes) is 24. The lowest BCUT2D eigenvalue weighted by Crippen LogP contribution is -2.69. The van der Waals surface area contributed by atoms with E-state index in [-0.39, 0.29) is 12.8 Å². The number of carbonyl (C=O) groups is 2. The van der Waals surface area contributed by atoms with Crippen molar-refractivity contribution in [3.05, 3.63) is 0 Å². The Hall–Kier alpha value is -1.55. The van der Waals surface area contributed by atoms with Gasteiger partial charge in [0.05, 0.1) is 19.8 Å². The molecule has 17 unspecified atom stereocenters. The summed E-state index contributed by atoms with van der Waals surface area (Å²) >= 11 is 0. The minimum atomic E-state index is -5.64. The Labute approximate surface area is 487 Å². The highest BCUT2D eigenvalue weighted by molar-refractivity contribution is 7.47. The van der Waals surface area contributed by atoms with Gasteiger partial charge in [-0.1, -0.05) is 194 Å². The Bertz CT molecular complexity index is 1650. The Morgan fingerprint density at radius 1 is 0.451 bits per heavy atom. The van der Waals surface area contributed by atoms with Crippen LogP contribution in [0.5, 0.6) is 0 Å². The van der Waals surface area contributed by atoms with Crippen LogP contribution in [-0.2, 0) is 51.6 Å². The standard InChI is InChI=1S/C58H109O23P/c1-4-6-8-10-12-13-14-15-16-17-18-19-20-25-29-33-43(61)74-37-40(76-44(62)34-30-26-22-21-24-28-32-39(3)31-27-23-11-9-7-5-2)38-75-82(72,73)81-56-54(79-57-52(70)47(65)45(63)41(35-59)77-57)50(68)49(67)51(69)55(56)80-58-53(71)48(66)46(64)42(36-60)78-58/h39-42,45-60,63-71H,4-38H2,1-3H3,(H,72,73). The summed E-state index contributed by atoms with van der Waals surface area (Å²) in [6, 6.07) is 0. The van der Waals surface area contributed by atoms with Gasteiger partial charge in [0.2, 0.25) is 0 Å². The van der Waals surface area contributed by atoms with Gasteiger partial charge in [0.15, 0.2) is 18.7 Å². The summed E-state index contributed by atoms with van der Waals surface area (Å²) in [5.41, 5.74) is 0. The van der Waals surface area contributed by atoms with E-state index in [4.69, 9.17) is 37.5 Å². The molecule has 1 aliphatic carbocycles. The predicted octanol–water partition coefficient (Wildman–Crippen LogP) is 5.18. The molecule has 82 heavy (non-hydrogen) atoms. The molecule has 0 bridgehead atoms. The van der Waals surface area contributed by atoms with Gasteiger partial charge in [0.1, 0.15) is 92.1 Å². The van der Waals surface area contributed by atoms with E-state index < -0.39 is 150 Å². The van der Waals surface area contributed by atoms with Crippen molar-refractivity contribution in [2.45, 2.75) is 324 Å². The van der Waals surface area contributed by atoms with E-state index in [9.17, 15) is 75.2 Å². The normalized spacial score (nSPS) is 31.1. The van der Waals surface area contributed by atoms with Crippen molar-refractivity contribution in [2.75, 3.05) is 26.4 Å². The van der Waals surface area contributed by atoms with Crippen LogP contribution in [0.15, 0.2) is 0 Å². The Kier molecular flexibility index (Phi) is 38.6. The Morgan fingerprint density at radius 2 is 0.805 bits per heavy atom. The first-order chi connectivity index (χ1) is 39.3. The summed E-state index contributed by atoms with van der Waals surface area (Å²) in [5.74, 6) is -0.634. The maximum absolute atomic E-state index is 14.1. The van der Waals surface area contributed by atoms with Crippen molar-refractivity contribution in [2.24, 2.45) is 5.92 Å². The number of carbonyl (C=O) groups excluding carboxylic acids is 2. The van der Waals surface area contributed by atoms with Crippen molar-refractivity contribution in [1.82, 2.24) is 0 Å². The summed E-state index contributed by atoms with van der Waals surface area (Å²) in [7, 11) is -5.64. The summed E-state index contributed by atoms with van der Waals surface area (Å²) < 4.78 is 58.3. The number of rotatable bonds is 46. The van der Waals surface area contributed by atoms with Crippen LogP contribution in [0.4, 0.5) is 0 Å². The molecule has 17 atom stereocenters. The van der Waals surface area contributed by atoms with Crippen LogP contribution in [0, 0.1) is 5.92 Å². The maximum atomic E-state index is 14.1. The molecule has 2 heterocycles. The monoisotopic (exact) mass is 1200 g/mol. The van der Waals surface area contributed by atoms with E-state index in [1.807, 2.05) is 0 Å². The van der Waals surface area contributed by atoms with Crippen LogP contribution >= 0.6 is 7.82 Å². The van der Waals surface area contributed by atoms with Crippen LogP contribution in [0.3, 0.4) is 0 Å². The minimum absolute atomic E-state index is 0.0275. The molecule has 3 rings (SSSR count). The molecule has 0 radical (unpaired) electrons. The average Bonchev–Trinajstić information content (AvgIpc) is 3.62. The zero-order valence-electron chi connectivity index (χ0n) is 49.4. The highest BCUT2D eigenvalue weighted by Crippen LogP contribution is 2.49. The van der Waals surface area contributed by atoms with Crippen LogP contribution in [0.1, 0.15) is 220 Å². The molecule has 3 fully saturated rings. The number of ether oxygens (including phenoxy) is 6. The third kappa shape index (κ3) is 27.7. The molecule has 0 spiro atoms. The zero-order chi connectivity index (χ0) is 60.5. The van der Waals surface area contributed by atoms with E-state index in [2.05, 4.69) is 20.8 Å². The molecule has 0 aromatic carbocycles. The van der Waals surface area contributed by atoms with Gasteiger partial charge in [-0.3, -0.25) is 18.6 Å². The third-order valence-corrected chi connectivity index (χ3v) is 17.1. The fourth-order valence-electron chi connectivity index (χ4n) is 10.8. The smallest absolute Gasteiger partial charge is 0.462 e. The summed E-state index contributed by atoms with van der Waals surface area (Å²) in [6.45, 7) is 3.35. The van der Waals surface area contributed by atoms with E-state index >= 15 is 0 Å². The number of aliphatic hydroxyl groups excluding tert-OH is 11. The topological polar surface area (TPSA) is 368 Å². The summed E-state index contributed by atoms with van der Waals surface area (Å²) in [4.78, 5) is 37.6. The lowest BCUT2D eigenvalue weighted by atomic mass is 9.84. The number of phosphoric acid groups is 1. The number of hydrogen-bond acceptors (Lipinski definition) is 22. The van der Waals surface area contributed by atoms with Crippen LogP contribution in [-0.4, -0.2) is 204 Å². The van der Waals surface area contributed by atoms with E-state index in [1.165, 1.54) is 116 Å². The molecule has 1 saturated carbocycles. The first-order valence-corrected chi connectivity index (χ1v) is 32.8. The van der Waals surface area contributed by atoms with Crippen molar-refractivity contribution in [3.63, 3.8) is 0 Å². The fourth-order valence-corrected chi connectivity index (χ4v) is 11.7. The molecule has 0 amide bonds. The van der Waals surface area contributed by atoms with Crippen molar-refractivity contribution in [3.8, 4) is 0 Å². The fraction of sp³-hybridized carbons (Fsp3) is 0.966. The lowest BCUT2D eigenvalue weighted by molar-refractivity contribution is -0.360. The van der Waals surface area contributed by atoms with Crippen molar-refractivity contribution < 1.29 is 113 Å². The molecule has 2 saturated heterocycles. The van der Waals surface area contributed by atoms with Gasteiger partial charge >= 0.3 is 19.8 Å². The zero-order valence-corrected chi connectivity index (χ0v) is 50.3. The summed E-state index contributed by atoms with van der Waals surface area (Å²) in [5, 5.41) is 117.